The van der Waals surface area contributed by atoms with Crippen LogP contribution in [-0.2, 0) is 7.05 Å². The molecule has 0 aliphatic rings. The molecule has 2 aromatic heterocycles. The molecule has 82 valence electrons. The van der Waals surface area contributed by atoms with E-state index in [1.54, 1.807) is 31.6 Å². The van der Waals surface area contributed by atoms with Gasteiger partial charge in [0.1, 0.15) is 17.1 Å². The van der Waals surface area contributed by atoms with Crippen LogP contribution in [0.1, 0.15) is 10.4 Å². The van der Waals surface area contributed by atoms with E-state index in [1.807, 2.05) is 0 Å². The Bertz CT molecular complexity index is 532. The van der Waals surface area contributed by atoms with Crippen molar-refractivity contribution in [2.75, 3.05) is 5.73 Å². The third kappa shape index (κ3) is 1.50. The number of hydrogen-bond acceptors (Lipinski definition) is 4. The molecule has 0 aliphatic heterocycles. The number of nitrogens with zero attached hydrogens (tertiary/aromatic N) is 3. The number of pyridine rings is 1. The van der Waals surface area contributed by atoms with Crippen LogP contribution in [0.3, 0.4) is 0 Å². The third-order valence-electron chi connectivity index (χ3n) is 2.27. The largest absolute Gasteiger partial charge is 0.383 e. The van der Waals surface area contributed by atoms with Crippen LogP contribution < -0.4 is 11.5 Å². The highest BCUT2D eigenvalue weighted by atomic mass is 16.1. The summed E-state index contributed by atoms with van der Waals surface area (Å²) < 4.78 is 1.42. The number of aryl methyl sites for hydroxylation is 1. The predicted molar refractivity (Wildman–Crippen MR) is 59.4 cm³/mol. The van der Waals surface area contributed by atoms with Crippen molar-refractivity contribution >= 4 is 11.7 Å². The molecule has 0 radical (unpaired) electrons. The van der Waals surface area contributed by atoms with E-state index in [1.165, 1.54) is 4.68 Å². The fourth-order valence-electron chi connectivity index (χ4n) is 1.48. The van der Waals surface area contributed by atoms with Crippen LogP contribution in [0.15, 0.2) is 24.5 Å². The van der Waals surface area contributed by atoms with Gasteiger partial charge in [-0.1, -0.05) is 0 Å². The van der Waals surface area contributed by atoms with Gasteiger partial charge in [-0.15, -0.1) is 0 Å². The van der Waals surface area contributed by atoms with E-state index < -0.39 is 5.91 Å². The Morgan fingerprint density at radius 3 is 2.81 bits per heavy atom. The van der Waals surface area contributed by atoms with Gasteiger partial charge in [0.15, 0.2) is 0 Å². The first-order chi connectivity index (χ1) is 7.61. The highest BCUT2D eigenvalue weighted by molar-refractivity contribution is 6.03. The van der Waals surface area contributed by atoms with Crippen LogP contribution in [-0.4, -0.2) is 20.7 Å². The van der Waals surface area contributed by atoms with Gasteiger partial charge in [0.05, 0.1) is 0 Å². The average molecular weight is 217 g/mol. The summed E-state index contributed by atoms with van der Waals surface area (Å²) in [7, 11) is 1.65. The van der Waals surface area contributed by atoms with E-state index >= 15 is 0 Å². The number of aromatic nitrogens is 3. The van der Waals surface area contributed by atoms with Crippen molar-refractivity contribution in [3.05, 3.63) is 30.1 Å². The third-order valence-corrected chi connectivity index (χ3v) is 2.27. The Hall–Kier alpha value is -2.37. The van der Waals surface area contributed by atoms with Gasteiger partial charge in [-0.05, 0) is 12.1 Å². The zero-order valence-electron chi connectivity index (χ0n) is 8.71. The molecule has 2 heterocycles. The zero-order chi connectivity index (χ0) is 11.7. The van der Waals surface area contributed by atoms with Crippen LogP contribution in [0.4, 0.5) is 5.82 Å². The fourth-order valence-corrected chi connectivity index (χ4v) is 1.48. The van der Waals surface area contributed by atoms with Crippen LogP contribution >= 0.6 is 0 Å². The number of nitrogens with two attached hydrogens (primary N) is 2. The number of anilines is 1. The number of rotatable bonds is 2. The summed E-state index contributed by atoms with van der Waals surface area (Å²) >= 11 is 0. The molecule has 0 atom stereocenters. The van der Waals surface area contributed by atoms with Crippen molar-refractivity contribution in [1.29, 1.82) is 0 Å². The summed E-state index contributed by atoms with van der Waals surface area (Å²) in [5.74, 6) is -0.337. The van der Waals surface area contributed by atoms with Gasteiger partial charge >= 0.3 is 0 Å². The summed E-state index contributed by atoms with van der Waals surface area (Å²) in [6.45, 7) is 0. The van der Waals surface area contributed by atoms with E-state index in [0.717, 1.165) is 0 Å². The summed E-state index contributed by atoms with van der Waals surface area (Å²) in [6, 6.07) is 3.55. The van der Waals surface area contributed by atoms with E-state index in [-0.39, 0.29) is 11.4 Å². The molecular weight excluding hydrogens is 206 g/mol. The summed E-state index contributed by atoms with van der Waals surface area (Å²) in [5.41, 5.74) is 12.4. The molecule has 0 bridgehead atoms. The number of nitrogen functional groups attached to an aromatic ring is 1. The van der Waals surface area contributed by atoms with Gasteiger partial charge in [-0.2, -0.15) is 5.10 Å². The number of primary amides is 1. The monoisotopic (exact) mass is 217 g/mol. The van der Waals surface area contributed by atoms with Crippen LogP contribution in [0.2, 0.25) is 0 Å². The molecule has 0 fully saturated rings. The van der Waals surface area contributed by atoms with Crippen molar-refractivity contribution < 1.29 is 4.79 Å². The summed E-state index contributed by atoms with van der Waals surface area (Å²) in [5, 5.41) is 4.15. The van der Waals surface area contributed by atoms with Gasteiger partial charge in [-0.3, -0.25) is 14.5 Å². The molecule has 0 aliphatic carbocycles. The maximum Gasteiger partial charge on any atom is 0.254 e. The first-order valence-electron chi connectivity index (χ1n) is 4.64. The molecule has 1 amide bonds. The van der Waals surface area contributed by atoms with Crippen molar-refractivity contribution in [3.8, 4) is 11.3 Å². The highest BCUT2D eigenvalue weighted by Crippen LogP contribution is 2.25. The number of carbonyl (C=O) groups excluding carboxylic acids is 1. The normalized spacial score (nSPS) is 10.3. The Balaban J connectivity index is 2.66. The van der Waals surface area contributed by atoms with Gasteiger partial charge in [0, 0.05) is 25.0 Å². The minimum absolute atomic E-state index is 0.232. The SMILES string of the molecule is Cn1nc(-c2cccnc2)c(C(N)=O)c1N. The topological polar surface area (TPSA) is 99.8 Å². The lowest BCUT2D eigenvalue weighted by Crippen LogP contribution is -2.14. The lowest BCUT2D eigenvalue weighted by atomic mass is 10.1. The van der Waals surface area contributed by atoms with Gasteiger partial charge in [0.2, 0.25) is 0 Å². The predicted octanol–water partition coefficient (Wildman–Crippen LogP) is 0.163. The van der Waals surface area contributed by atoms with E-state index in [9.17, 15) is 4.79 Å². The first-order valence-corrected chi connectivity index (χ1v) is 4.64. The van der Waals surface area contributed by atoms with E-state index in [0.29, 0.717) is 11.3 Å². The molecule has 16 heavy (non-hydrogen) atoms. The average Bonchev–Trinajstić information content (AvgIpc) is 2.57. The Kier molecular flexibility index (Phi) is 2.32. The molecule has 0 unspecified atom stereocenters. The van der Waals surface area contributed by atoms with Crippen molar-refractivity contribution in [2.24, 2.45) is 12.8 Å². The second-order valence-electron chi connectivity index (χ2n) is 3.34. The van der Waals surface area contributed by atoms with Crippen LogP contribution in [0, 0.1) is 0 Å². The van der Waals surface area contributed by atoms with E-state index in [2.05, 4.69) is 10.1 Å². The minimum atomic E-state index is -0.593. The first kappa shape index (κ1) is 10.2. The van der Waals surface area contributed by atoms with Gasteiger partial charge in [-0.25, -0.2) is 0 Å². The smallest absolute Gasteiger partial charge is 0.254 e. The number of amides is 1. The Labute approximate surface area is 91.9 Å². The zero-order valence-corrected chi connectivity index (χ0v) is 8.71. The molecule has 0 saturated heterocycles. The fraction of sp³-hybridized carbons (Fsp3) is 0.100. The number of hydrogen-bond donors (Lipinski definition) is 2. The number of carbonyl (C=O) groups is 1. The molecule has 0 spiro atoms. The highest BCUT2D eigenvalue weighted by Gasteiger charge is 2.19. The van der Waals surface area contributed by atoms with Crippen molar-refractivity contribution in [3.63, 3.8) is 0 Å². The van der Waals surface area contributed by atoms with Crippen molar-refractivity contribution in [2.45, 2.75) is 0 Å². The second kappa shape index (κ2) is 3.65. The molecule has 2 aromatic rings. The lowest BCUT2D eigenvalue weighted by molar-refractivity contribution is 0.100. The van der Waals surface area contributed by atoms with Gasteiger partial charge < -0.3 is 11.5 Å². The van der Waals surface area contributed by atoms with Crippen molar-refractivity contribution in [1.82, 2.24) is 14.8 Å². The Morgan fingerprint density at radius 1 is 1.50 bits per heavy atom. The van der Waals surface area contributed by atoms with Crippen LogP contribution in [0.25, 0.3) is 11.3 Å². The minimum Gasteiger partial charge on any atom is -0.383 e. The standard InChI is InChI=1S/C10H11N5O/c1-15-9(11)7(10(12)16)8(14-15)6-3-2-4-13-5-6/h2-5H,11H2,1H3,(H2,12,16). The molecule has 0 saturated carbocycles. The molecular formula is C10H11N5O. The summed E-state index contributed by atoms with van der Waals surface area (Å²) in [4.78, 5) is 15.3. The molecule has 6 nitrogen and oxygen atoms in total. The van der Waals surface area contributed by atoms with Gasteiger partial charge in [0.25, 0.3) is 5.91 Å². The molecule has 2 rings (SSSR count). The maximum atomic E-state index is 11.3. The second-order valence-corrected chi connectivity index (χ2v) is 3.34. The van der Waals surface area contributed by atoms with E-state index in [4.69, 9.17) is 11.5 Å². The lowest BCUT2D eigenvalue weighted by Gasteiger charge is -1.98. The molecule has 0 aromatic carbocycles. The summed E-state index contributed by atoms with van der Waals surface area (Å²) in [6.07, 6.45) is 3.24. The Morgan fingerprint density at radius 2 is 2.25 bits per heavy atom. The van der Waals surface area contributed by atoms with Crippen LogP contribution in [0.5, 0.6) is 0 Å². The molecule has 6 heteroatoms. The molecule has 4 N–H and O–H groups in total. The maximum absolute atomic E-state index is 11.3. The quantitative estimate of drug-likeness (QED) is 0.748.